The van der Waals surface area contributed by atoms with Crippen LogP contribution < -0.4 is 9.80 Å². The lowest BCUT2D eigenvalue weighted by Gasteiger charge is -2.47. The predicted octanol–water partition coefficient (Wildman–Crippen LogP) is 2.25. The first-order valence-electron chi connectivity index (χ1n) is 7.62. The fourth-order valence-electron chi connectivity index (χ4n) is 3.60. The van der Waals surface area contributed by atoms with E-state index < -0.39 is 17.5 Å². The topological polar surface area (TPSA) is 77.9 Å². The monoisotopic (exact) mass is 322 g/mol. The van der Waals surface area contributed by atoms with Gasteiger partial charge in [0.25, 0.3) is 5.91 Å². The van der Waals surface area contributed by atoms with Crippen molar-refractivity contribution < 1.29 is 19.5 Å². The third kappa shape index (κ3) is 1.68. The Morgan fingerprint density at radius 2 is 1.62 bits per heavy atom. The van der Waals surface area contributed by atoms with Crippen molar-refractivity contribution in [2.75, 3.05) is 9.80 Å². The van der Waals surface area contributed by atoms with Gasteiger partial charge in [0.2, 0.25) is 11.6 Å². The summed E-state index contributed by atoms with van der Waals surface area (Å²) in [6.45, 7) is 0. The van der Waals surface area contributed by atoms with Gasteiger partial charge in [-0.25, -0.2) is 4.79 Å². The Bertz CT molecular complexity index is 864. The lowest BCUT2D eigenvalue weighted by molar-refractivity contribution is -0.143. The molecule has 0 spiro atoms. The Balaban J connectivity index is 2.04. The van der Waals surface area contributed by atoms with Gasteiger partial charge in [0, 0.05) is 18.5 Å². The molecule has 1 N–H and O–H groups in total. The maximum atomic E-state index is 13.1. The quantitative estimate of drug-likeness (QED) is 0.920. The van der Waals surface area contributed by atoms with Crippen LogP contribution in [0.4, 0.5) is 11.4 Å². The summed E-state index contributed by atoms with van der Waals surface area (Å²) in [4.78, 5) is 40.3. The molecule has 0 bridgehead atoms. The molecule has 0 aromatic heterocycles. The Morgan fingerprint density at radius 3 is 2.33 bits per heavy atom. The minimum atomic E-state index is -1.72. The van der Waals surface area contributed by atoms with E-state index in [1.54, 1.807) is 54.6 Å². The summed E-state index contributed by atoms with van der Waals surface area (Å²) in [7, 11) is 0. The van der Waals surface area contributed by atoms with Gasteiger partial charge in [-0.3, -0.25) is 19.4 Å². The van der Waals surface area contributed by atoms with Gasteiger partial charge in [-0.15, -0.1) is 0 Å². The Kier molecular flexibility index (Phi) is 2.96. The number of para-hydroxylation sites is 2. The maximum absolute atomic E-state index is 13.1. The number of hydrogen-bond acceptors (Lipinski definition) is 3. The van der Waals surface area contributed by atoms with Crippen LogP contribution >= 0.6 is 0 Å². The van der Waals surface area contributed by atoms with Gasteiger partial charge in [-0.05, 0) is 24.3 Å². The minimum Gasteiger partial charge on any atom is -0.478 e. The average Bonchev–Trinajstić information content (AvgIpc) is 2.95. The molecule has 0 saturated carbocycles. The lowest BCUT2D eigenvalue weighted by atomic mass is 9.95. The fraction of sp³-hybridized carbons (Fsp3) is 0.167. The highest BCUT2D eigenvalue weighted by Gasteiger charge is 2.61. The Morgan fingerprint density at radius 1 is 0.958 bits per heavy atom. The molecule has 6 nitrogen and oxygen atoms in total. The zero-order valence-corrected chi connectivity index (χ0v) is 12.7. The Hall–Kier alpha value is -3.15. The van der Waals surface area contributed by atoms with E-state index in [0.717, 1.165) is 0 Å². The number of nitrogens with zero attached hydrogens (tertiary/aromatic N) is 2. The first kappa shape index (κ1) is 14.4. The SMILES string of the molecule is O=C1c2ccccc2N2C(=O)CC[C@]2(C(=O)O)N1c1ccccc1. The second-order valence-electron chi connectivity index (χ2n) is 5.84. The predicted molar refractivity (Wildman–Crippen MR) is 86.8 cm³/mol. The summed E-state index contributed by atoms with van der Waals surface area (Å²) in [5, 5.41) is 10.0. The standard InChI is InChI=1S/C18H14N2O4/c21-15-10-11-18(17(23)24)19(12-6-2-1-3-7-12)16(22)13-8-4-5-9-14(13)20(15)18/h1-9H,10-11H2,(H,23,24)/t18-/m0/s1. The molecule has 6 heteroatoms. The third-order valence-corrected chi connectivity index (χ3v) is 4.61. The molecule has 0 aliphatic carbocycles. The van der Waals surface area contributed by atoms with Gasteiger partial charge in [-0.2, -0.15) is 0 Å². The van der Waals surface area contributed by atoms with E-state index in [-0.39, 0.29) is 18.7 Å². The average molecular weight is 322 g/mol. The number of carbonyl (C=O) groups excluding carboxylic acids is 2. The number of carbonyl (C=O) groups is 3. The summed E-state index contributed by atoms with van der Waals surface area (Å²) in [6, 6.07) is 15.3. The molecule has 2 heterocycles. The van der Waals surface area contributed by atoms with E-state index in [1.807, 2.05) is 0 Å². The number of fused-ring (bicyclic) bond motifs is 3. The molecule has 1 atom stereocenters. The third-order valence-electron chi connectivity index (χ3n) is 4.61. The van der Waals surface area contributed by atoms with E-state index >= 15 is 0 Å². The number of anilines is 2. The van der Waals surface area contributed by atoms with Crippen molar-refractivity contribution in [2.24, 2.45) is 0 Å². The van der Waals surface area contributed by atoms with Gasteiger partial charge < -0.3 is 5.11 Å². The molecular formula is C18H14N2O4. The summed E-state index contributed by atoms with van der Waals surface area (Å²) in [6.07, 6.45) is 0.132. The van der Waals surface area contributed by atoms with Crippen molar-refractivity contribution in [3.63, 3.8) is 0 Å². The van der Waals surface area contributed by atoms with Crippen LogP contribution in [-0.2, 0) is 9.59 Å². The van der Waals surface area contributed by atoms with Gasteiger partial charge in [-0.1, -0.05) is 30.3 Å². The van der Waals surface area contributed by atoms with Crippen LogP contribution in [0.1, 0.15) is 23.2 Å². The van der Waals surface area contributed by atoms with E-state index in [9.17, 15) is 19.5 Å². The molecule has 2 aromatic rings. The minimum absolute atomic E-state index is 0.0517. The largest absolute Gasteiger partial charge is 0.478 e. The van der Waals surface area contributed by atoms with Crippen LogP contribution in [-0.4, -0.2) is 28.6 Å². The zero-order chi connectivity index (χ0) is 16.9. The summed E-state index contributed by atoms with van der Waals surface area (Å²) in [5.74, 6) is -1.91. The second kappa shape index (κ2) is 4.92. The first-order chi connectivity index (χ1) is 11.6. The fourth-order valence-corrected chi connectivity index (χ4v) is 3.60. The number of benzene rings is 2. The molecule has 0 radical (unpaired) electrons. The van der Waals surface area contributed by atoms with Crippen LogP contribution in [0.15, 0.2) is 54.6 Å². The maximum Gasteiger partial charge on any atom is 0.351 e. The van der Waals surface area contributed by atoms with Crippen LogP contribution in [0.5, 0.6) is 0 Å². The zero-order valence-electron chi connectivity index (χ0n) is 12.7. The highest BCUT2D eigenvalue weighted by atomic mass is 16.4. The molecule has 2 aliphatic rings. The van der Waals surface area contributed by atoms with Gasteiger partial charge in [0.15, 0.2) is 0 Å². The van der Waals surface area contributed by atoms with Crippen LogP contribution in [0.3, 0.4) is 0 Å². The van der Waals surface area contributed by atoms with E-state index in [0.29, 0.717) is 16.9 Å². The van der Waals surface area contributed by atoms with Crippen LogP contribution in [0.2, 0.25) is 0 Å². The molecule has 1 saturated heterocycles. The molecule has 2 amide bonds. The van der Waals surface area contributed by atoms with Crippen molar-refractivity contribution in [3.8, 4) is 0 Å². The first-order valence-corrected chi connectivity index (χ1v) is 7.62. The summed E-state index contributed by atoms with van der Waals surface area (Å²) >= 11 is 0. The van der Waals surface area contributed by atoms with Gasteiger partial charge in [0.1, 0.15) is 0 Å². The number of amides is 2. The van der Waals surface area contributed by atoms with Crippen molar-refractivity contribution in [1.82, 2.24) is 0 Å². The smallest absolute Gasteiger partial charge is 0.351 e. The van der Waals surface area contributed by atoms with Crippen LogP contribution in [0.25, 0.3) is 0 Å². The van der Waals surface area contributed by atoms with Crippen molar-refractivity contribution in [1.29, 1.82) is 0 Å². The van der Waals surface area contributed by atoms with Gasteiger partial charge >= 0.3 is 5.97 Å². The molecule has 0 unspecified atom stereocenters. The molecular weight excluding hydrogens is 308 g/mol. The Labute approximate surface area is 137 Å². The second-order valence-corrected chi connectivity index (χ2v) is 5.84. The highest BCUT2D eigenvalue weighted by Crippen LogP contribution is 2.46. The van der Waals surface area contributed by atoms with Gasteiger partial charge in [0.05, 0.1) is 11.3 Å². The molecule has 4 rings (SSSR count). The molecule has 120 valence electrons. The van der Waals surface area contributed by atoms with E-state index in [4.69, 9.17) is 0 Å². The molecule has 2 aliphatic heterocycles. The normalized spacial score (nSPS) is 22.3. The molecule has 2 aromatic carbocycles. The van der Waals surface area contributed by atoms with Crippen LogP contribution in [0, 0.1) is 0 Å². The molecule has 1 fully saturated rings. The van der Waals surface area contributed by atoms with E-state index in [2.05, 4.69) is 0 Å². The number of hydrogen-bond donors (Lipinski definition) is 1. The van der Waals surface area contributed by atoms with E-state index in [1.165, 1.54) is 9.80 Å². The van der Waals surface area contributed by atoms with Crippen molar-refractivity contribution in [2.45, 2.75) is 18.5 Å². The van der Waals surface area contributed by atoms with Crippen molar-refractivity contribution in [3.05, 3.63) is 60.2 Å². The highest BCUT2D eigenvalue weighted by molar-refractivity contribution is 6.22. The number of carboxylic acids is 1. The number of carboxylic acid groups (broad SMARTS) is 1. The number of rotatable bonds is 2. The summed E-state index contributed by atoms with van der Waals surface area (Å²) in [5.41, 5.74) is -0.573. The lowest BCUT2D eigenvalue weighted by Crippen LogP contribution is -2.68. The molecule has 24 heavy (non-hydrogen) atoms. The summed E-state index contributed by atoms with van der Waals surface area (Å²) < 4.78 is 0. The van der Waals surface area contributed by atoms with Crippen molar-refractivity contribution >= 4 is 29.2 Å². The number of aliphatic carboxylic acids is 1.